The monoisotopic (exact) mass is 395 g/mol. The van der Waals surface area contributed by atoms with Gasteiger partial charge in [0.1, 0.15) is 17.8 Å². The van der Waals surface area contributed by atoms with Gasteiger partial charge < -0.3 is 9.80 Å². The van der Waals surface area contributed by atoms with E-state index in [-0.39, 0.29) is 24.1 Å². The summed E-state index contributed by atoms with van der Waals surface area (Å²) in [6.45, 7) is 1.61. The zero-order chi connectivity index (χ0) is 20.2. The second-order valence-electron chi connectivity index (χ2n) is 6.60. The molecule has 1 saturated heterocycles. The number of hydrogen-bond donors (Lipinski definition) is 0. The van der Waals surface area contributed by atoms with E-state index in [1.54, 1.807) is 40.1 Å². The summed E-state index contributed by atoms with van der Waals surface area (Å²) in [5.41, 5.74) is 1.34. The first-order valence-corrected chi connectivity index (χ1v) is 9.11. The van der Waals surface area contributed by atoms with Crippen LogP contribution >= 0.6 is 0 Å². The predicted molar refractivity (Wildman–Crippen MR) is 99.5 cm³/mol. The summed E-state index contributed by atoms with van der Waals surface area (Å²) in [6.07, 6.45) is 2.98. The van der Waals surface area contributed by atoms with E-state index in [1.807, 2.05) is 0 Å². The average molecular weight is 395 g/mol. The van der Waals surface area contributed by atoms with Gasteiger partial charge in [-0.1, -0.05) is 18.2 Å². The number of nitrogens with zero attached hydrogens (tertiary/aromatic N) is 7. The van der Waals surface area contributed by atoms with E-state index in [0.717, 1.165) is 0 Å². The maximum Gasteiger partial charge on any atom is 0.272 e. The molecule has 0 unspecified atom stereocenters. The van der Waals surface area contributed by atoms with Gasteiger partial charge >= 0.3 is 0 Å². The molecule has 1 aliphatic rings. The van der Waals surface area contributed by atoms with Gasteiger partial charge in [-0.25, -0.2) is 9.37 Å². The van der Waals surface area contributed by atoms with E-state index >= 15 is 0 Å². The third-order valence-electron chi connectivity index (χ3n) is 4.80. The molecular formula is C19H18FN7O2. The summed E-state index contributed by atoms with van der Waals surface area (Å²) in [6, 6.07) is 9.59. The number of benzene rings is 1. The minimum absolute atomic E-state index is 0.0147. The fourth-order valence-corrected chi connectivity index (χ4v) is 3.17. The van der Waals surface area contributed by atoms with Crippen LogP contribution < -0.4 is 0 Å². The lowest BCUT2D eigenvalue weighted by molar-refractivity contribution is -0.132. The smallest absolute Gasteiger partial charge is 0.272 e. The van der Waals surface area contributed by atoms with Crippen molar-refractivity contribution < 1.29 is 14.0 Å². The Morgan fingerprint density at radius 3 is 2.41 bits per heavy atom. The Kier molecular flexibility index (Phi) is 5.23. The third kappa shape index (κ3) is 4.10. The minimum atomic E-state index is -0.383. The largest absolute Gasteiger partial charge is 0.339 e. The number of pyridine rings is 1. The van der Waals surface area contributed by atoms with Crippen LogP contribution in [0.15, 0.2) is 48.9 Å². The van der Waals surface area contributed by atoms with Crippen molar-refractivity contribution in [3.05, 3.63) is 66.0 Å². The Bertz CT molecular complexity index is 1000. The van der Waals surface area contributed by atoms with Crippen LogP contribution in [0.5, 0.6) is 0 Å². The Morgan fingerprint density at radius 1 is 1.00 bits per heavy atom. The van der Waals surface area contributed by atoms with Crippen LogP contribution in [0.2, 0.25) is 0 Å². The lowest BCUT2D eigenvalue weighted by atomic mass is 10.1. The number of hydrogen-bond acceptors (Lipinski definition) is 6. The lowest BCUT2D eigenvalue weighted by Gasteiger charge is -2.34. The molecule has 1 aliphatic heterocycles. The van der Waals surface area contributed by atoms with Crippen molar-refractivity contribution in [1.82, 2.24) is 35.0 Å². The van der Waals surface area contributed by atoms with Gasteiger partial charge in [0.05, 0.1) is 18.3 Å². The van der Waals surface area contributed by atoms with Crippen LogP contribution in [0.3, 0.4) is 0 Å². The van der Waals surface area contributed by atoms with Gasteiger partial charge in [-0.3, -0.25) is 9.59 Å². The van der Waals surface area contributed by atoms with Crippen molar-refractivity contribution in [2.45, 2.75) is 6.42 Å². The predicted octanol–water partition coefficient (Wildman–Crippen LogP) is 0.723. The number of aromatic nitrogens is 5. The van der Waals surface area contributed by atoms with Crippen molar-refractivity contribution in [2.75, 3.05) is 26.2 Å². The van der Waals surface area contributed by atoms with Crippen molar-refractivity contribution in [2.24, 2.45) is 0 Å². The number of tetrazole rings is 1. The van der Waals surface area contributed by atoms with Gasteiger partial charge in [-0.2, -0.15) is 4.68 Å². The molecule has 0 N–H and O–H groups in total. The number of rotatable bonds is 4. The first-order valence-electron chi connectivity index (χ1n) is 9.11. The van der Waals surface area contributed by atoms with E-state index in [0.29, 0.717) is 43.1 Å². The number of piperazine rings is 1. The summed E-state index contributed by atoms with van der Waals surface area (Å²) in [5.74, 6) is -0.730. The molecule has 29 heavy (non-hydrogen) atoms. The molecule has 148 valence electrons. The average Bonchev–Trinajstić information content (AvgIpc) is 3.30. The molecule has 3 heterocycles. The van der Waals surface area contributed by atoms with Crippen LogP contribution in [0, 0.1) is 5.82 Å². The molecule has 0 spiro atoms. The molecule has 3 aromatic rings. The second kappa shape index (κ2) is 8.13. The highest BCUT2D eigenvalue weighted by Gasteiger charge is 2.26. The standard InChI is InChI=1S/C19H18FN7O2/c20-16-4-2-1-3-14(16)11-18(28)25-7-9-26(10-8-25)19(29)17-6-5-15(12-21-17)27-13-22-23-24-27/h1-6,12-13H,7-11H2. The van der Waals surface area contributed by atoms with E-state index in [2.05, 4.69) is 20.5 Å². The topological polar surface area (TPSA) is 97.1 Å². The van der Waals surface area contributed by atoms with Crippen LogP contribution in [-0.4, -0.2) is 73.0 Å². The van der Waals surface area contributed by atoms with Crippen LogP contribution in [0.25, 0.3) is 5.69 Å². The first kappa shape index (κ1) is 18.7. The zero-order valence-electron chi connectivity index (χ0n) is 15.5. The fourth-order valence-electron chi connectivity index (χ4n) is 3.17. The molecule has 2 aromatic heterocycles. The highest BCUT2D eigenvalue weighted by molar-refractivity contribution is 5.92. The Labute approximate surface area is 165 Å². The number of carbonyl (C=O) groups excluding carboxylic acids is 2. The summed E-state index contributed by atoms with van der Waals surface area (Å²) in [4.78, 5) is 32.6. The Hall–Kier alpha value is -3.69. The molecule has 10 heteroatoms. The maximum atomic E-state index is 13.7. The first-order chi connectivity index (χ1) is 14.1. The minimum Gasteiger partial charge on any atom is -0.339 e. The molecule has 0 bridgehead atoms. The number of halogens is 1. The SMILES string of the molecule is O=C(Cc1ccccc1F)N1CCN(C(=O)c2ccc(-n3cnnn3)cn2)CC1. The molecule has 1 fully saturated rings. The normalized spacial score (nSPS) is 14.1. The van der Waals surface area contributed by atoms with E-state index in [1.165, 1.54) is 23.3 Å². The molecule has 0 atom stereocenters. The maximum absolute atomic E-state index is 13.7. The van der Waals surface area contributed by atoms with Gasteiger partial charge in [-0.15, -0.1) is 5.10 Å². The van der Waals surface area contributed by atoms with Gasteiger partial charge in [-0.05, 0) is 34.2 Å². The summed E-state index contributed by atoms with van der Waals surface area (Å²) in [5, 5.41) is 10.9. The van der Waals surface area contributed by atoms with Crippen LogP contribution in [-0.2, 0) is 11.2 Å². The molecule has 2 amide bonds. The van der Waals surface area contributed by atoms with Gasteiger partial charge in [0.2, 0.25) is 5.91 Å². The van der Waals surface area contributed by atoms with Gasteiger partial charge in [0.15, 0.2) is 0 Å². The summed E-state index contributed by atoms with van der Waals surface area (Å²) >= 11 is 0. The quantitative estimate of drug-likeness (QED) is 0.646. The summed E-state index contributed by atoms with van der Waals surface area (Å²) in [7, 11) is 0. The molecule has 1 aromatic carbocycles. The zero-order valence-corrected chi connectivity index (χ0v) is 15.5. The highest BCUT2D eigenvalue weighted by atomic mass is 19.1. The van der Waals surface area contributed by atoms with Crippen molar-refractivity contribution in [3.8, 4) is 5.69 Å². The molecule has 9 nitrogen and oxygen atoms in total. The van der Waals surface area contributed by atoms with Crippen LogP contribution in [0.4, 0.5) is 4.39 Å². The number of carbonyl (C=O) groups is 2. The van der Waals surface area contributed by atoms with Crippen LogP contribution in [0.1, 0.15) is 16.1 Å². The highest BCUT2D eigenvalue weighted by Crippen LogP contribution is 2.13. The molecular weight excluding hydrogens is 377 g/mol. The molecule has 0 aliphatic carbocycles. The fraction of sp³-hybridized carbons (Fsp3) is 0.263. The third-order valence-corrected chi connectivity index (χ3v) is 4.80. The van der Waals surface area contributed by atoms with Crippen molar-refractivity contribution in [3.63, 3.8) is 0 Å². The lowest BCUT2D eigenvalue weighted by Crippen LogP contribution is -2.51. The van der Waals surface area contributed by atoms with E-state index < -0.39 is 0 Å². The second-order valence-corrected chi connectivity index (χ2v) is 6.60. The molecule has 0 saturated carbocycles. The van der Waals surface area contributed by atoms with Gasteiger partial charge in [0.25, 0.3) is 5.91 Å². The van der Waals surface area contributed by atoms with Crippen molar-refractivity contribution >= 4 is 11.8 Å². The molecule has 4 rings (SSSR count). The van der Waals surface area contributed by atoms with Gasteiger partial charge in [0, 0.05) is 26.2 Å². The molecule has 0 radical (unpaired) electrons. The summed E-state index contributed by atoms with van der Waals surface area (Å²) < 4.78 is 15.2. The van der Waals surface area contributed by atoms with E-state index in [9.17, 15) is 14.0 Å². The number of amides is 2. The Morgan fingerprint density at radius 2 is 1.76 bits per heavy atom. The Balaban J connectivity index is 1.33. The van der Waals surface area contributed by atoms with E-state index in [4.69, 9.17) is 0 Å². The van der Waals surface area contributed by atoms with Crippen molar-refractivity contribution in [1.29, 1.82) is 0 Å².